The number of hydrogen-bond donors (Lipinski definition) is 0. The second-order valence-electron chi connectivity index (χ2n) is 4.81. The Morgan fingerprint density at radius 1 is 1.50 bits per heavy atom. The molecule has 0 bridgehead atoms. The van der Waals surface area contributed by atoms with E-state index in [0.29, 0.717) is 18.3 Å². The minimum atomic E-state index is -0.484. The van der Waals surface area contributed by atoms with Gasteiger partial charge in [0.05, 0.1) is 25.5 Å². The van der Waals surface area contributed by atoms with Gasteiger partial charge in [-0.1, -0.05) is 5.21 Å². The summed E-state index contributed by atoms with van der Waals surface area (Å²) in [5.74, 6) is -0.484. The van der Waals surface area contributed by atoms with Crippen LogP contribution in [0.3, 0.4) is 0 Å². The highest BCUT2D eigenvalue weighted by molar-refractivity contribution is 5.88. The normalized spacial score (nSPS) is 18.4. The fourth-order valence-electron chi connectivity index (χ4n) is 2.39. The summed E-state index contributed by atoms with van der Waals surface area (Å²) < 4.78 is 17.1. The number of aryl methyl sites for hydroxylation is 1. The number of ether oxygens (including phenoxy) is 3. The lowest BCUT2D eigenvalue weighted by Crippen LogP contribution is -2.12. The molecule has 0 aromatic carbocycles. The van der Waals surface area contributed by atoms with Crippen molar-refractivity contribution >= 4 is 5.97 Å². The van der Waals surface area contributed by atoms with Crippen LogP contribution in [0.2, 0.25) is 0 Å². The van der Waals surface area contributed by atoms with E-state index >= 15 is 0 Å². The van der Waals surface area contributed by atoms with Gasteiger partial charge in [0.15, 0.2) is 5.69 Å². The topological polar surface area (TPSA) is 75.5 Å². The molecule has 112 valence electrons. The first-order valence-corrected chi connectivity index (χ1v) is 6.87. The molecule has 2 rings (SSSR count). The molecule has 1 aromatic rings. The molecular weight excluding hydrogens is 262 g/mol. The number of aromatic nitrogens is 3. The number of methoxy groups -OCH3 is 2. The molecule has 1 aliphatic rings. The second kappa shape index (κ2) is 7.35. The van der Waals surface area contributed by atoms with Crippen LogP contribution >= 0.6 is 0 Å². The van der Waals surface area contributed by atoms with Gasteiger partial charge in [-0.2, -0.15) is 0 Å². The highest BCUT2D eigenvalue weighted by Gasteiger charge is 2.20. The van der Waals surface area contributed by atoms with E-state index in [9.17, 15) is 4.79 Å². The molecule has 0 radical (unpaired) electrons. The van der Waals surface area contributed by atoms with Crippen molar-refractivity contribution in [2.24, 2.45) is 0 Å². The van der Waals surface area contributed by atoms with Crippen molar-refractivity contribution in [2.75, 3.05) is 20.8 Å². The Hall–Kier alpha value is -1.47. The average Bonchev–Trinajstić information content (AvgIpc) is 3.09. The third-order valence-electron chi connectivity index (χ3n) is 3.42. The molecule has 0 N–H and O–H groups in total. The van der Waals surface area contributed by atoms with Gasteiger partial charge in [-0.3, -0.25) is 0 Å². The fraction of sp³-hybridized carbons (Fsp3) is 0.769. The Labute approximate surface area is 118 Å². The Kier molecular flexibility index (Phi) is 5.49. The largest absolute Gasteiger partial charge is 0.464 e. The van der Waals surface area contributed by atoms with Crippen molar-refractivity contribution < 1.29 is 19.0 Å². The molecule has 0 spiro atoms. The minimum Gasteiger partial charge on any atom is -0.464 e. The molecule has 7 heteroatoms. The first-order valence-electron chi connectivity index (χ1n) is 6.87. The van der Waals surface area contributed by atoms with Crippen LogP contribution in [0.15, 0.2) is 0 Å². The van der Waals surface area contributed by atoms with E-state index in [1.54, 1.807) is 11.8 Å². The molecule has 7 nitrogen and oxygen atoms in total. The molecule has 1 saturated heterocycles. The summed E-state index contributed by atoms with van der Waals surface area (Å²) in [6.45, 7) is 1.86. The summed E-state index contributed by atoms with van der Waals surface area (Å²) >= 11 is 0. The Balaban J connectivity index is 1.95. The summed E-state index contributed by atoms with van der Waals surface area (Å²) in [5.41, 5.74) is 0.887. The van der Waals surface area contributed by atoms with Gasteiger partial charge in [-0.15, -0.1) is 5.10 Å². The van der Waals surface area contributed by atoms with E-state index in [0.717, 1.165) is 32.3 Å². The highest BCUT2D eigenvalue weighted by Crippen LogP contribution is 2.17. The van der Waals surface area contributed by atoms with Crippen LogP contribution in [-0.4, -0.2) is 47.9 Å². The maximum Gasteiger partial charge on any atom is 0.360 e. The zero-order chi connectivity index (χ0) is 14.4. The Morgan fingerprint density at radius 3 is 3.00 bits per heavy atom. The summed E-state index contributed by atoms with van der Waals surface area (Å²) in [5, 5.41) is 7.90. The molecule has 1 atom stereocenters. The van der Waals surface area contributed by atoms with Gasteiger partial charge in [0, 0.05) is 20.3 Å². The first kappa shape index (κ1) is 14.9. The lowest BCUT2D eigenvalue weighted by molar-refractivity contribution is 0.0588. The first-order chi connectivity index (χ1) is 9.76. The SMILES string of the molecule is COCc1c(C(=O)OC)nnn1CCCC1CCCO1. The van der Waals surface area contributed by atoms with Crippen LogP contribution in [-0.2, 0) is 27.4 Å². The predicted octanol–water partition coefficient (Wildman–Crippen LogP) is 1.17. The van der Waals surface area contributed by atoms with Gasteiger partial charge in [0.25, 0.3) is 0 Å². The third kappa shape index (κ3) is 3.55. The highest BCUT2D eigenvalue weighted by atomic mass is 16.5. The summed E-state index contributed by atoms with van der Waals surface area (Å²) in [6.07, 6.45) is 4.58. The lowest BCUT2D eigenvalue weighted by Gasteiger charge is -2.10. The van der Waals surface area contributed by atoms with E-state index in [-0.39, 0.29) is 12.3 Å². The van der Waals surface area contributed by atoms with E-state index in [4.69, 9.17) is 14.2 Å². The number of carbonyl (C=O) groups is 1. The maximum atomic E-state index is 11.6. The van der Waals surface area contributed by atoms with Crippen LogP contribution in [0.1, 0.15) is 41.9 Å². The van der Waals surface area contributed by atoms with Crippen molar-refractivity contribution in [1.29, 1.82) is 0 Å². The molecule has 1 unspecified atom stereocenters. The van der Waals surface area contributed by atoms with Gasteiger partial charge in [0.2, 0.25) is 0 Å². The second-order valence-corrected chi connectivity index (χ2v) is 4.81. The molecule has 1 fully saturated rings. The zero-order valence-electron chi connectivity index (χ0n) is 12.0. The van der Waals surface area contributed by atoms with Gasteiger partial charge < -0.3 is 14.2 Å². The molecular formula is C13H21N3O4. The number of carbonyl (C=O) groups excluding carboxylic acids is 1. The van der Waals surface area contributed by atoms with Gasteiger partial charge in [0.1, 0.15) is 0 Å². The van der Waals surface area contributed by atoms with E-state index in [2.05, 4.69) is 10.3 Å². The molecule has 0 saturated carbocycles. The minimum absolute atomic E-state index is 0.228. The monoisotopic (exact) mass is 283 g/mol. The summed E-state index contributed by atoms with van der Waals surface area (Å²) in [6, 6.07) is 0. The Bertz CT molecular complexity index is 441. The van der Waals surface area contributed by atoms with Crippen molar-refractivity contribution in [2.45, 2.75) is 44.9 Å². The van der Waals surface area contributed by atoms with Crippen molar-refractivity contribution in [1.82, 2.24) is 15.0 Å². The zero-order valence-corrected chi connectivity index (χ0v) is 12.0. The lowest BCUT2D eigenvalue weighted by atomic mass is 10.1. The van der Waals surface area contributed by atoms with E-state index in [1.807, 2.05) is 0 Å². The van der Waals surface area contributed by atoms with Crippen LogP contribution in [0, 0.1) is 0 Å². The standard InChI is InChI=1S/C13H21N3O4/c1-18-9-11-12(13(17)19-2)14-15-16(11)7-3-5-10-6-4-8-20-10/h10H,3-9H2,1-2H3. The predicted molar refractivity (Wildman–Crippen MR) is 70.3 cm³/mol. The van der Waals surface area contributed by atoms with Crippen LogP contribution in [0.5, 0.6) is 0 Å². The van der Waals surface area contributed by atoms with Crippen molar-refractivity contribution in [3.63, 3.8) is 0 Å². The van der Waals surface area contributed by atoms with E-state index < -0.39 is 5.97 Å². The number of nitrogens with zero attached hydrogens (tertiary/aromatic N) is 3. The quantitative estimate of drug-likeness (QED) is 0.699. The third-order valence-corrected chi connectivity index (χ3v) is 3.42. The molecule has 20 heavy (non-hydrogen) atoms. The van der Waals surface area contributed by atoms with Gasteiger partial charge in [-0.05, 0) is 25.7 Å². The van der Waals surface area contributed by atoms with Gasteiger partial charge >= 0.3 is 5.97 Å². The molecule has 0 amide bonds. The van der Waals surface area contributed by atoms with E-state index in [1.165, 1.54) is 7.11 Å². The van der Waals surface area contributed by atoms with Crippen molar-refractivity contribution in [3.05, 3.63) is 11.4 Å². The summed E-state index contributed by atoms with van der Waals surface area (Å²) in [7, 11) is 2.90. The van der Waals surface area contributed by atoms with Crippen LogP contribution in [0.4, 0.5) is 0 Å². The van der Waals surface area contributed by atoms with Gasteiger partial charge in [-0.25, -0.2) is 9.48 Å². The fourth-order valence-corrected chi connectivity index (χ4v) is 2.39. The van der Waals surface area contributed by atoms with Crippen molar-refractivity contribution in [3.8, 4) is 0 Å². The molecule has 2 heterocycles. The molecule has 0 aliphatic carbocycles. The molecule has 1 aliphatic heterocycles. The maximum absolute atomic E-state index is 11.6. The summed E-state index contributed by atoms with van der Waals surface area (Å²) in [4.78, 5) is 11.6. The number of esters is 1. The molecule has 1 aromatic heterocycles. The Morgan fingerprint density at radius 2 is 2.35 bits per heavy atom. The van der Waals surface area contributed by atoms with Crippen LogP contribution < -0.4 is 0 Å². The average molecular weight is 283 g/mol. The number of hydrogen-bond acceptors (Lipinski definition) is 6. The van der Waals surface area contributed by atoms with Crippen LogP contribution in [0.25, 0.3) is 0 Å². The number of rotatable bonds is 7. The smallest absolute Gasteiger partial charge is 0.360 e.